The first-order valence-electron chi connectivity index (χ1n) is 18.0. The lowest BCUT2D eigenvalue weighted by Gasteiger charge is -2.35. The van der Waals surface area contributed by atoms with Crippen LogP contribution in [0.4, 0.5) is 4.79 Å². The number of aromatic nitrogens is 4. The van der Waals surface area contributed by atoms with E-state index in [1.165, 1.54) is 27.1 Å². The molecular weight excluding hydrogens is 735 g/mol. The van der Waals surface area contributed by atoms with Gasteiger partial charge in [0.1, 0.15) is 39.8 Å². The van der Waals surface area contributed by atoms with Crippen molar-refractivity contribution in [1.29, 1.82) is 0 Å². The van der Waals surface area contributed by atoms with Gasteiger partial charge in [0, 0.05) is 42.1 Å². The van der Waals surface area contributed by atoms with Crippen LogP contribution in [-0.4, -0.2) is 99.6 Å². The molecule has 5 amide bonds. The molecule has 3 saturated carbocycles. The highest BCUT2D eigenvalue weighted by Gasteiger charge is 2.62. The van der Waals surface area contributed by atoms with E-state index in [0.717, 1.165) is 18.4 Å². The van der Waals surface area contributed by atoms with Crippen LogP contribution in [0.2, 0.25) is 0 Å². The number of sulfonamides is 1. The Morgan fingerprint density at radius 1 is 1.07 bits per heavy atom. The lowest BCUT2D eigenvalue weighted by atomic mass is 9.85. The standard InChI is InChI=1S/C36H45N9O7S2/c1-6-21-18-36(21,33(48)43-54(50,51)25-13-14-25)40-30(46)26-17-23(19-44(26)32(47)29(35(2,3)4)39-34(49)38-22-9-10-22)45-41-27(20-7-11-24(52-5)12-8-20)28(42-45)31-37-15-16-53-31/h6-8,11-12,15-16,21-23,25-26,29H,1,9-10,13-14,17-19H2,2-5H3,(H,40,46)(H,43,48)(H2,38,39,49)/t21?,23-,26+,29-,36?/m1/s1. The Bertz CT molecular complexity index is 2050. The van der Waals surface area contributed by atoms with Crippen LogP contribution in [0.25, 0.3) is 22.0 Å². The third kappa shape index (κ3) is 7.58. The minimum atomic E-state index is -3.90. The van der Waals surface area contributed by atoms with Crippen molar-refractivity contribution in [2.45, 2.75) is 94.3 Å². The van der Waals surface area contributed by atoms with Crippen molar-refractivity contribution >= 4 is 45.1 Å². The Balaban J connectivity index is 1.22. The van der Waals surface area contributed by atoms with Gasteiger partial charge in [-0.1, -0.05) is 26.8 Å². The lowest BCUT2D eigenvalue weighted by Crippen LogP contribution is -2.61. The molecule has 4 N–H and O–H groups in total. The summed E-state index contributed by atoms with van der Waals surface area (Å²) < 4.78 is 33.0. The number of thiazole rings is 1. The van der Waals surface area contributed by atoms with E-state index >= 15 is 0 Å². The number of hydrogen-bond donors (Lipinski definition) is 4. The van der Waals surface area contributed by atoms with Crippen molar-refractivity contribution in [3.05, 3.63) is 48.5 Å². The van der Waals surface area contributed by atoms with Crippen molar-refractivity contribution in [1.82, 2.24) is 45.6 Å². The van der Waals surface area contributed by atoms with E-state index in [1.807, 2.05) is 50.4 Å². The summed E-state index contributed by atoms with van der Waals surface area (Å²) in [6.45, 7) is 9.27. The smallest absolute Gasteiger partial charge is 0.315 e. The zero-order chi connectivity index (χ0) is 38.6. The monoisotopic (exact) mass is 779 g/mol. The van der Waals surface area contributed by atoms with E-state index in [1.54, 1.807) is 13.3 Å². The molecule has 1 aliphatic heterocycles. The Kier molecular flexibility index (Phi) is 9.78. The molecule has 2 unspecified atom stereocenters. The Labute approximate surface area is 317 Å². The third-order valence-corrected chi connectivity index (χ3v) is 13.0. The van der Waals surface area contributed by atoms with Gasteiger partial charge in [-0.25, -0.2) is 18.2 Å². The summed E-state index contributed by atoms with van der Waals surface area (Å²) >= 11 is 1.39. The highest BCUT2D eigenvalue weighted by Crippen LogP contribution is 2.46. The third-order valence-electron chi connectivity index (χ3n) is 10.4. The maximum atomic E-state index is 14.6. The van der Waals surface area contributed by atoms with Gasteiger partial charge in [-0.05, 0) is 61.8 Å². The minimum absolute atomic E-state index is 0.00358. The van der Waals surface area contributed by atoms with Crippen LogP contribution in [-0.2, 0) is 24.4 Å². The minimum Gasteiger partial charge on any atom is -0.497 e. The molecule has 54 heavy (non-hydrogen) atoms. The molecule has 4 aliphatic rings. The van der Waals surface area contributed by atoms with Gasteiger partial charge >= 0.3 is 6.03 Å². The summed E-state index contributed by atoms with van der Waals surface area (Å²) in [6, 6.07) is 4.15. The number of amides is 5. The molecule has 3 aromatic rings. The molecule has 2 aromatic heterocycles. The van der Waals surface area contributed by atoms with Gasteiger partial charge in [0.25, 0.3) is 5.91 Å². The Morgan fingerprint density at radius 2 is 1.78 bits per heavy atom. The number of nitrogens with zero attached hydrogens (tertiary/aromatic N) is 5. The van der Waals surface area contributed by atoms with Crippen molar-refractivity contribution in [3.63, 3.8) is 0 Å². The topological polar surface area (TPSA) is 207 Å². The van der Waals surface area contributed by atoms with E-state index in [4.69, 9.17) is 14.9 Å². The average molecular weight is 780 g/mol. The number of hydrogen-bond acceptors (Lipinski definition) is 11. The van der Waals surface area contributed by atoms with E-state index < -0.39 is 74.0 Å². The summed E-state index contributed by atoms with van der Waals surface area (Å²) in [5, 5.41) is 20.1. The Hall–Kier alpha value is -4.84. The van der Waals surface area contributed by atoms with Crippen LogP contribution in [0.15, 0.2) is 48.5 Å². The van der Waals surface area contributed by atoms with Crippen LogP contribution in [0, 0.1) is 11.3 Å². The number of nitrogens with one attached hydrogen (secondary N) is 4. The molecule has 3 heterocycles. The molecule has 1 aromatic carbocycles. The first kappa shape index (κ1) is 37.5. The van der Waals surface area contributed by atoms with E-state index in [2.05, 4.69) is 32.2 Å². The lowest BCUT2D eigenvalue weighted by molar-refractivity contribution is -0.142. The van der Waals surface area contributed by atoms with Crippen molar-refractivity contribution in [2.75, 3.05) is 13.7 Å². The Morgan fingerprint density at radius 3 is 2.35 bits per heavy atom. The first-order valence-corrected chi connectivity index (χ1v) is 20.5. The SMILES string of the molecule is C=CC1CC1(NC(=O)[C@@H]1C[C@@H](n2nc(-c3ccc(OC)cc3)c(-c3nccs3)n2)CN1C(=O)[C@@H](NC(=O)NC1CC1)C(C)(C)C)C(=O)NS(=O)(=O)C1CC1. The summed E-state index contributed by atoms with van der Waals surface area (Å²) in [4.78, 5) is 63.0. The van der Waals surface area contributed by atoms with E-state index in [9.17, 15) is 27.6 Å². The van der Waals surface area contributed by atoms with Crippen molar-refractivity contribution in [2.24, 2.45) is 11.3 Å². The molecular formula is C36H45N9O7S2. The van der Waals surface area contributed by atoms with Gasteiger partial charge in [-0.2, -0.15) is 9.90 Å². The van der Waals surface area contributed by atoms with Gasteiger partial charge in [-0.15, -0.1) is 23.0 Å². The fourth-order valence-electron chi connectivity index (χ4n) is 6.81. The molecule has 0 bridgehead atoms. The second-order valence-electron chi connectivity index (χ2n) is 15.6. The van der Waals surface area contributed by atoms with Crippen LogP contribution >= 0.6 is 11.3 Å². The predicted molar refractivity (Wildman–Crippen MR) is 199 cm³/mol. The molecule has 3 aliphatic carbocycles. The maximum Gasteiger partial charge on any atom is 0.315 e. The van der Waals surface area contributed by atoms with Gasteiger partial charge < -0.3 is 25.6 Å². The first-order chi connectivity index (χ1) is 25.6. The second-order valence-corrected chi connectivity index (χ2v) is 18.4. The van der Waals surface area contributed by atoms with Gasteiger partial charge in [0.15, 0.2) is 0 Å². The van der Waals surface area contributed by atoms with Crippen LogP contribution < -0.4 is 25.4 Å². The van der Waals surface area contributed by atoms with Crippen LogP contribution in [0.5, 0.6) is 5.75 Å². The number of likely N-dealkylation sites (tertiary alicyclic amines) is 1. The molecule has 1 saturated heterocycles. The predicted octanol–water partition coefficient (Wildman–Crippen LogP) is 2.76. The fourth-order valence-corrected chi connectivity index (χ4v) is 8.79. The molecule has 16 nitrogen and oxygen atoms in total. The van der Waals surface area contributed by atoms with Crippen molar-refractivity contribution < 1.29 is 32.3 Å². The summed E-state index contributed by atoms with van der Waals surface area (Å²) in [5.74, 6) is -1.83. The quantitative estimate of drug-likeness (QED) is 0.187. The van der Waals surface area contributed by atoms with Gasteiger partial charge in [0.05, 0.1) is 18.4 Å². The van der Waals surface area contributed by atoms with E-state index in [0.29, 0.717) is 35.0 Å². The molecule has 4 fully saturated rings. The normalized spacial score (nSPS) is 24.3. The molecule has 18 heteroatoms. The molecule has 0 spiro atoms. The average Bonchev–Trinajstić information content (AvgIpc) is 4.09. The molecule has 0 radical (unpaired) electrons. The zero-order valence-corrected chi connectivity index (χ0v) is 32.2. The number of rotatable bonds is 13. The van der Waals surface area contributed by atoms with Crippen LogP contribution in [0.1, 0.15) is 65.3 Å². The molecule has 7 rings (SSSR count). The number of methoxy groups -OCH3 is 1. The fraction of sp³-hybridized carbons (Fsp3) is 0.528. The summed E-state index contributed by atoms with van der Waals surface area (Å²) in [7, 11) is -2.32. The molecule has 288 valence electrons. The largest absolute Gasteiger partial charge is 0.497 e. The number of carbonyl (C=O) groups excluding carboxylic acids is 4. The summed E-state index contributed by atoms with van der Waals surface area (Å²) in [5.41, 5.74) is -0.494. The number of benzene rings is 1. The number of urea groups is 1. The van der Waals surface area contributed by atoms with Gasteiger partial charge in [0.2, 0.25) is 21.8 Å². The van der Waals surface area contributed by atoms with Crippen molar-refractivity contribution in [3.8, 4) is 27.7 Å². The number of ether oxygens (including phenoxy) is 1. The zero-order valence-electron chi connectivity index (χ0n) is 30.6. The second kappa shape index (κ2) is 14.1. The maximum absolute atomic E-state index is 14.6. The van der Waals surface area contributed by atoms with Crippen LogP contribution in [0.3, 0.4) is 0 Å². The number of carbonyl (C=O) groups is 4. The van der Waals surface area contributed by atoms with E-state index in [-0.39, 0.29) is 25.4 Å². The highest BCUT2D eigenvalue weighted by molar-refractivity contribution is 7.91. The van der Waals surface area contributed by atoms with Gasteiger partial charge in [-0.3, -0.25) is 19.1 Å². The molecule has 5 atom stereocenters. The highest BCUT2D eigenvalue weighted by atomic mass is 32.2. The summed E-state index contributed by atoms with van der Waals surface area (Å²) in [6.07, 6.45) is 6.03.